The summed E-state index contributed by atoms with van der Waals surface area (Å²) in [6, 6.07) is 14.9. The zero-order chi connectivity index (χ0) is 17.6. The van der Waals surface area contributed by atoms with Crippen LogP contribution in [0, 0.1) is 0 Å². The van der Waals surface area contributed by atoms with Gasteiger partial charge in [-0.2, -0.15) is 0 Å². The Morgan fingerprint density at radius 3 is 2.44 bits per heavy atom. The first-order chi connectivity index (χ1) is 12.1. The molecule has 0 saturated heterocycles. The lowest BCUT2D eigenvalue weighted by molar-refractivity contribution is -0.130. The average molecular weight is 339 g/mol. The van der Waals surface area contributed by atoms with Crippen LogP contribution in [-0.4, -0.2) is 36.9 Å². The van der Waals surface area contributed by atoms with Crippen molar-refractivity contribution in [1.29, 1.82) is 0 Å². The number of hydrogen-bond donors (Lipinski definition) is 0. The third kappa shape index (κ3) is 4.38. The predicted octanol–water partition coefficient (Wildman–Crippen LogP) is 3.08. The van der Waals surface area contributed by atoms with E-state index in [1.807, 2.05) is 30.3 Å². The van der Waals surface area contributed by atoms with Crippen molar-refractivity contribution in [3.05, 3.63) is 59.7 Å². The highest BCUT2D eigenvalue weighted by Crippen LogP contribution is 2.31. The quantitative estimate of drug-likeness (QED) is 0.759. The first kappa shape index (κ1) is 17.0. The van der Waals surface area contributed by atoms with Crippen LogP contribution in [0.25, 0.3) is 0 Å². The highest BCUT2D eigenvalue weighted by molar-refractivity contribution is 5.98. The van der Waals surface area contributed by atoms with E-state index in [0.717, 1.165) is 5.56 Å². The van der Waals surface area contributed by atoms with E-state index in [0.29, 0.717) is 36.8 Å². The van der Waals surface area contributed by atoms with Crippen LogP contribution in [0.5, 0.6) is 11.5 Å². The zero-order valence-electron chi connectivity index (χ0n) is 14.2. The Morgan fingerprint density at radius 1 is 0.960 bits per heavy atom. The molecule has 1 aliphatic rings. The Hall–Kier alpha value is -2.82. The molecule has 5 nitrogen and oxygen atoms in total. The molecule has 0 fully saturated rings. The molecule has 2 aromatic carbocycles. The minimum atomic E-state index is -0.0709. The van der Waals surface area contributed by atoms with Crippen molar-refractivity contribution in [2.45, 2.75) is 19.4 Å². The number of rotatable bonds is 6. The average Bonchev–Trinajstić information content (AvgIpc) is 2.66. The molecule has 0 unspecified atom stereocenters. The van der Waals surface area contributed by atoms with Crippen molar-refractivity contribution in [3.8, 4) is 11.5 Å². The number of amides is 1. The second-order valence-corrected chi connectivity index (χ2v) is 6.02. The smallest absolute Gasteiger partial charge is 0.223 e. The lowest BCUT2D eigenvalue weighted by atomic mass is 10.1. The van der Waals surface area contributed by atoms with E-state index in [9.17, 15) is 9.59 Å². The van der Waals surface area contributed by atoms with Gasteiger partial charge in [0.05, 0.1) is 0 Å². The van der Waals surface area contributed by atoms with Crippen molar-refractivity contribution in [1.82, 2.24) is 4.90 Å². The van der Waals surface area contributed by atoms with E-state index in [1.54, 1.807) is 30.1 Å². The van der Waals surface area contributed by atoms with E-state index in [-0.39, 0.29) is 24.5 Å². The molecule has 0 N–H and O–H groups in total. The van der Waals surface area contributed by atoms with Crippen LogP contribution in [-0.2, 0) is 11.3 Å². The van der Waals surface area contributed by atoms with Gasteiger partial charge in [-0.1, -0.05) is 30.3 Å². The number of carbonyl (C=O) groups excluding carboxylic acids is 2. The molecule has 130 valence electrons. The van der Waals surface area contributed by atoms with Gasteiger partial charge in [-0.25, -0.2) is 0 Å². The van der Waals surface area contributed by atoms with Gasteiger partial charge >= 0.3 is 0 Å². The monoisotopic (exact) mass is 339 g/mol. The van der Waals surface area contributed by atoms with Crippen LogP contribution in [0.1, 0.15) is 28.8 Å². The fraction of sp³-hybridized carbons (Fsp3) is 0.300. The number of carbonyl (C=O) groups is 2. The van der Waals surface area contributed by atoms with Crippen LogP contribution in [0.15, 0.2) is 48.5 Å². The molecule has 0 atom stereocenters. The summed E-state index contributed by atoms with van der Waals surface area (Å²) in [5.41, 5.74) is 1.61. The number of fused-ring (bicyclic) bond motifs is 1. The predicted molar refractivity (Wildman–Crippen MR) is 93.9 cm³/mol. The minimum Gasteiger partial charge on any atom is -0.486 e. The topological polar surface area (TPSA) is 55.8 Å². The molecular formula is C20H21NO4. The summed E-state index contributed by atoms with van der Waals surface area (Å²) in [6.45, 7) is 1.54. The molecular weight excluding hydrogens is 318 g/mol. The molecule has 5 heteroatoms. The van der Waals surface area contributed by atoms with E-state index in [4.69, 9.17) is 9.47 Å². The lowest BCUT2D eigenvalue weighted by Gasteiger charge is -2.19. The SMILES string of the molecule is CN(Cc1ccccc1)C(=O)CCC(=O)c1ccc2c(c1)OCCO2. The second kappa shape index (κ2) is 7.83. The molecule has 1 amide bonds. The molecule has 0 aliphatic carbocycles. The Kier molecular flexibility index (Phi) is 5.33. The second-order valence-electron chi connectivity index (χ2n) is 6.02. The summed E-state index contributed by atoms with van der Waals surface area (Å²) in [6.07, 6.45) is 0.369. The summed E-state index contributed by atoms with van der Waals surface area (Å²) in [5, 5.41) is 0. The van der Waals surface area contributed by atoms with Crippen LogP contribution in [0.4, 0.5) is 0 Å². The number of ether oxygens (including phenoxy) is 2. The molecule has 1 heterocycles. The molecule has 0 aromatic heterocycles. The Labute approximate surface area is 147 Å². The maximum absolute atomic E-state index is 12.3. The van der Waals surface area contributed by atoms with Gasteiger partial charge in [-0.05, 0) is 23.8 Å². The molecule has 0 saturated carbocycles. The molecule has 0 bridgehead atoms. The number of ketones is 1. The third-order valence-corrected chi connectivity index (χ3v) is 4.12. The van der Waals surface area contributed by atoms with Gasteiger partial charge in [0, 0.05) is 32.0 Å². The molecule has 1 aliphatic heterocycles. The van der Waals surface area contributed by atoms with Gasteiger partial charge in [-0.3, -0.25) is 9.59 Å². The summed E-state index contributed by atoms with van der Waals surface area (Å²) >= 11 is 0. The number of Topliss-reactive ketones (excluding diaryl/α,β-unsaturated/α-hetero) is 1. The summed E-state index contributed by atoms with van der Waals surface area (Å²) in [7, 11) is 1.75. The van der Waals surface area contributed by atoms with Gasteiger partial charge in [-0.15, -0.1) is 0 Å². The Balaban J connectivity index is 1.54. The highest BCUT2D eigenvalue weighted by atomic mass is 16.6. The summed E-state index contributed by atoms with van der Waals surface area (Å²) < 4.78 is 10.9. The van der Waals surface area contributed by atoms with Crippen molar-refractivity contribution >= 4 is 11.7 Å². The number of hydrogen-bond acceptors (Lipinski definition) is 4. The van der Waals surface area contributed by atoms with Crippen LogP contribution in [0.2, 0.25) is 0 Å². The fourth-order valence-electron chi connectivity index (χ4n) is 2.72. The molecule has 3 rings (SSSR count). The normalized spacial score (nSPS) is 12.5. The first-order valence-corrected chi connectivity index (χ1v) is 8.34. The molecule has 0 radical (unpaired) electrons. The van der Waals surface area contributed by atoms with E-state index in [2.05, 4.69) is 0 Å². The summed E-state index contributed by atoms with van der Waals surface area (Å²) in [5.74, 6) is 1.12. The minimum absolute atomic E-state index is 0.0465. The van der Waals surface area contributed by atoms with E-state index >= 15 is 0 Å². The van der Waals surface area contributed by atoms with Gasteiger partial charge in [0.2, 0.25) is 5.91 Å². The lowest BCUT2D eigenvalue weighted by Crippen LogP contribution is -2.26. The third-order valence-electron chi connectivity index (χ3n) is 4.12. The Bertz CT molecular complexity index is 758. The van der Waals surface area contributed by atoms with Gasteiger partial charge in [0.25, 0.3) is 0 Å². The number of benzene rings is 2. The van der Waals surface area contributed by atoms with Crippen LogP contribution in [0.3, 0.4) is 0 Å². The number of nitrogens with zero attached hydrogens (tertiary/aromatic N) is 1. The van der Waals surface area contributed by atoms with E-state index < -0.39 is 0 Å². The first-order valence-electron chi connectivity index (χ1n) is 8.34. The zero-order valence-corrected chi connectivity index (χ0v) is 14.2. The molecule has 25 heavy (non-hydrogen) atoms. The molecule has 0 spiro atoms. The fourth-order valence-corrected chi connectivity index (χ4v) is 2.72. The maximum atomic E-state index is 12.3. The maximum Gasteiger partial charge on any atom is 0.223 e. The Morgan fingerprint density at radius 2 is 1.68 bits per heavy atom. The van der Waals surface area contributed by atoms with E-state index in [1.165, 1.54) is 0 Å². The summed E-state index contributed by atoms with van der Waals surface area (Å²) in [4.78, 5) is 26.2. The largest absolute Gasteiger partial charge is 0.486 e. The standard InChI is InChI=1S/C20H21NO4/c1-21(14-15-5-3-2-4-6-15)20(23)10-8-17(22)16-7-9-18-19(13-16)25-12-11-24-18/h2-7,9,13H,8,10-12,14H2,1H3. The van der Waals surface area contributed by atoms with Crippen LogP contribution >= 0.6 is 0 Å². The van der Waals surface area contributed by atoms with Crippen molar-refractivity contribution < 1.29 is 19.1 Å². The van der Waals surface area contributed by atoms with Gasteiger partial charge < -0.3 is 14.4 Å². The van der Waals surface area contributed by atoms with Crippen molar-refractivity contribution in [2.24, 2.45) is 0 Å². The van der Waals surface area contributed by atoms with Crippen molar-refractivity contribution in [3.63, 3.8) is 0 Å². The highest BCUT2D eigenvalue weighted by Gasteiger charge is 2.17. The van der Waals surface area contributed by atoms with Crippen molar-refractivity contribution in [2.75, 3.05) is 20.3 Å². The molecule has 2 aromatic rings. The van der Waals surface area contributed by atoms with Gasteiger partial charge in [0.1, 0.15) is 13.2 Å². The van der Waals surface area contributed by atoms with Crippen LogP contribution < -0.4 is 9.47 Å². The van der Waals surface area contributed by atoms with Gasteiger partial charge in [0.15, 0.2) is 17.3 Å².